The maximum atomic E-state index is 12.5. The van der Waals surface area contributed by atoms with E-state index in [1.54, 1.807) is 19.0 Å². The maximum Gasteiger partial charge on any atom is 0.232 e. The van der Waals surface area contributed by atoms with Crippen LogP contribution in [0.15, 0.2) is 60.7 Å². The van der Waals surface area contributed by atoms with Gasteiger partial charge < -0.3 is 9.80 Å². The summed E-state index contributed by atoms with van der Waals surface area (Å²) in [6, 6.07) is 19.6. The monoisotopic (exact) mass is 310 g/mol. The van der Waals surface area contributed by atoms with Gasteiger partial charge in [0.2, 0.25) is 11.8 Å². The third-order valence-electron chi connectivity index (χ3n) is 3.59. The number of hydrogen-bond donors (Lipinski definition) is 0. The van der Waals surface area contributed by atoms with Crippen molar-refractivity contribution in [3.63, 3.8) is 0 Å². The molecule has 0 aliphatic heterocycles. The smallest absolute Gasteiger partial charge is 0.232 e. The van der Waals surface area contributed by atoms with Crippen molar-refractivity contribution in [1.82, 2.24) is 9.80 Å². The first-order valence-electron chi connectivity index (χ1n) is 7.62. The molecule has 0 heterocycles. The van der Waals surface area contributed by atoms with E-state index in [0.29, 0.717) is 13.1 Å². The van der Waals surface area contributed by atoms with E-state index in [9.17, 15) is 9.59 Å². The van der Waals surface area contributed by atoms with Crippen LogP contribution < -0.4 is 0 Å². The summed E-state index contributed by atoms with van der Waals surface area (Å²) in [6.07, 6.45) is -0.104. The molecule has 23 heavy (non-hydrogen) atoms. The van der Waals surface area contributed by atoms with Crippen molar-refractivity contribution in [3.8, 4) is 0 Å². The molecule has 0 unspecified atom stereocenters. The van der Waals surface area contributed by atoms with Gasteiger partial charge in [-0.05, 0) is 11.1 Å². The molecule has 0 aromatic heterocycles. The molecule has 0 aliphatic carbocycles. The Hall–Kier alpha value is -2.62. The van der Waals surface area contributed by atoms with Gasteiger partial charge in [0.25, 0.3) is 0 Å². The lowest BCUT2D eigenvalue weighted by atomic mass is 10.1. The predicted molar refractivity (Wildman–Crippen MR) is 90.4 cm³/mol. The second-order valence-electron chi connectivity index (χ2n) is 5.69. The molecular formula is C19H22N2O2. The van der Waals surface area contributed by atoms with Gasteiger partial charge >= 0.3 is 0 Å². The molecule has 0 atom stereocenters. The number of benzene rings is 2. The summed E-state index contributed by atoms with van der Waals surface area (Å²) in [4.78, 5) is 27.6. The minimum Gasteiger partial charge on any atom is -0.348 e. The molecule has 2 rings (SSSR count). The molecule has 4 heteroatoms. The molecule has 120 valence electrons. The van der Waals surface area contributed by atoms with Crippen LogP contribution in [0, 0.1) is 0 Å². The molecule has 0 saturated carbocycles. The van der Waals surface area contributed by atoms with Crippen LogP contribution in [-0.2, 0) is 22.7 Å². The van der Waals surface area contributed by atoms with Crippen LogP contribution in [0.5, 0.6) is 0 Å². The zero-order valence-corrected chi connectivity index (χ0v) is 13.6. The van der Waals surface area contributed by atoms with E-state index in [1.165, 1.54) is 4.90 Å². The number of carbonyl (C=O) groups excluding carboxylic acids is 2. The van der Waals surface area contributed by atoms with E-state index in [2.05, 4.69) is 0 Å². The summed E-state index contributed by atoms with van der Waals surface area (Å²) in [5.41, 5.74) is 2.10. The van der Waals surface area contributed by atoms with Crippen LogP contribution in [0.2, 0.25) is 0 Å². The minimum atomic E-state index is -0.180. The van der Waals surface area contributed by atoms with Crippen molar-refractivity contribution in [2.45, 2.75) is 19.5 Å². The fourth-order valence-corrected chi connectivity index (χ4v) is 2.24. The topological polar surface area (TPSA) is 40.6 Å². The molecule has 0 aliphatic rings. The Morgan fingerprint density at radius 2 is 1.17 bits per heavy atom. The summed E-state index contributed by atoms with van der Waals surface area (Å²) in [6.45, 7) is 0.991. The first-order chi connectivity index (χ1) is 11.1. The molecule has 0 N–H and O–H groups in total. The van der Waals surface area contributed by atoms with Gasteiger partial charge in [-0.3, -0.25) is 9.59 Å². The highest BCUT2D eigenvalue weighted by atomic mass is 16.2. The third kappa shape index (κ3) is 5.25. The van der Waals surface area contributed by atoms with E-state index in [4.69, 9.17) is 0 Å². The molecule has 0 radical (unpaired) electrons. The second kappa shape index (κ2) is 8.13. The van der Waals surface area contributed by atoms with Crippen LogP contribution in [0.4, 0.5) is 0 Å². The summed E-state index contributed by atoms with van der Waals surface area (Å²) in [5, 5.41) is 0. The van der Waals surface area contributed by atoms with E-state index in [-0.39, 0.29) is 18.2 Å². The van der Waals surface area contributed by atoms with Gasteiger partial charge in [-0.15, -0.1) is 0 Å². The Kier molecular flexibility index (Phi) is 5.92. The van der Waals surface area contributed by atoms with Crippen LogP contribution in [0.3, 0.4) is 0 Å². The highest BCUT2D eigenvalue weighted by Gasteiger charge is 2.19. The van der Waals surface area contributed by atoms with Gasteiger partial charge in [-0.2, -0.15) is 0 Å². The van der Waals surface area contributed by atoms with Crippen LogP contribution >= 0.6 is 0 Å². The normalized spacial score (nSPS) is 10.2. The Labute approximate surface area is 137 Å². The number of amides is 2. The maximum absolute atomic E-state index is 12.5. The van der Waals surface area contributed by atoms with Gasteiger partial charge in [-0.25, -0.2) is 0 Å². The first kappa shape index (κ1) is 16.7. The standard InChI is InChI=1S/C19H22N2O2/c1-20(2)18(22)13-19(23)21(14-16-9-5-3-6-10-16)15-17-11-7-4-8-12-17/h3-12H,13-15H2,1-2H3. The largest absolute Gasteiger partial charge is 0.348 e. The van der Waals surface area contributed by atoms with Crippen molar-refractivity contribution in [2.75, 3.05) is 14.1 Å². The summed E-state index contributed by atoms with van der Waals surface area (Å²) < 4.78 is 0. The molecule has 4 nitrogen and oxygen atoms in total. The minimum absolute atomic E-state index is 0.104. The van der Waals surface area contributed by atoms with Gasteiger partial charge in [-0.1, -0.05) is 60.7 Å². The molecular weight excluding hydrogens is 288 g/mol. The molecule has 0 bridgehead atoms. The summed E-state index contributed by atoms with van der Waals surface area (Å²) >= 11 is 0. The lowest BCUT2D eigenvalue weighted by molar-refractivity contribution is -0.140. The van der Waals surface area contributed by atoms with Gasteiger partial charge in [0, 0.05) is 27.2 Å². The average molecular weight is 310 g/mol. The van der Waals surface area contributed by atoms with E-state index < -0.39 is 0 Å². The second-order valence-corrected chi connectivity index (χ2v) is 5.69. The number of rotatable bonds is 6. The molecule has 0 spiro atoms. The summed E-state index contributed by atoms with van der Waals surface area (Å²) in [7, 11) is 3.32. The predicted octanol–water partition coefficient (Wildman–Crippen LogP) is 2.69. The first-order valence-corrected chi connectivity index (χ1v) is 7.62. The van der Waals surface area contributed by atoms with Gasteiger partial charge in [0.15, 0.2) is 0 Å². The lowest BCUT2D eigenvalue weighted by Crippen LogP contribution is -2.34. The fraction of sp³-hybridized carbons (Fsp3) is 0.263. The van der Waals surface area contributed by atoms with Crippen molar-refractivity contribution in [2.24, 2.45) is 0 Å². The molecule has 0 saturated heterocycles. The SMILES string of the molecule is CN(C)C(=O)CC(=O)N(Cc1ccccc1)Cc1ccccc1. The lowest BCUT2D eigenvalue weighted by Gasteiger charge is -2.23. The Morgan fingerprint density at radius 1 is 0.739 bits per heavy atom. The van der Waals surface area contributed by atoms with Gasteiger partial charge in [0.05, 0.1) is 0 Å². The summed E-state index contributed by atoms with van der Waals surface area (Å²) in [5.74, 6) is -0.336. The average Bonchev–Trinajstić information content (AvgIpc) is 2.56. The molecule has 2 amide bonds. The molecule has 2 aromatic rings. The number of carbonyl (C=O) groups is 2. The molecule has 2 aromatic carbocycles. The zero-order chi connectivity index (χ0) is 16.7. The van der Waals surface area contributed by atoms with Crippen molar-refractivity contribution < 1.29 is 9.59 Å². The van der Waals surface area contributed by atoms with Crippen molar-refractivity contribution in [3.05, 3.63) is 71.8 Å². The van der Waals surface area contributed by atoms with Gasteiger partial charge in [0.1, 0.15) is 6.42 Å². The Morgan fingerprint density at radius 3 is 1.57 bits per heavy atom. The molecule has 0 fully saturated rings. The van der Waals surface area contributed by atoms with E-state index >= 15 is 0 Å². The van der Waals surface area contributed by atoms with Crippen LogP contribution in [0.25, 0.3) is 0 Å². The number of hydrogen-bond acceptors (Lipinski definition) is 2. The van der Waals surface area contributed by atoms with Crippen molar-refractivity contribution in [1.29, 1.82) is 0 Å². The quantitative estimate of drug-likeness (QED) is 0.770. The fourth-order valence-electron chi connectivity index (χ4n) is 2.24. The Bertz CT molecular complexity index is 597. The van der Waals surface area contributed by atoms with E-state index in [0.717, 1.165) is 11.1 Å². The Balaban J connectivity index is 2.13. The van der Waals surface area contributed by atoms with E-state index in [1.807, 2.05) is 60.7 Å². The zero-order valence-electron chi connectivity index (χ0n) is 13.6. The van der Waals surface area contributed by atoms with Crippen molar-refractivity contribution >= 4 is 11.8 Å². The number of nitrogens with zero attached hydrogens (tertiary/aromatic N) is 2. The highest BCUT2D eigenvalue weighted by Crippen LogP contribution is 2.12. The van der Waals surface area contributed by atoms with Crippen LogP contribution in [0.1, 0.15) is 17.5 Å². The highest BCUT2D eigenvalue weighted by molar-refractivity contribution is 5.96. The third-order valence-corrected chi connectivity index (χ3v) is 3.59. The van der Waals surface area contributed by atoms with Crippen LogP contribution in [-0.4, -0.2) is 35.7 Å².